The third kappa shape index (κ3) is 3.86. The first-order chi connectivity index (χ1) is 12.8. The first kappa shape index (κ1) is 18.8. The summed E-state index contributed by atoms with van der Waals surface area (Å²) in [6.45, 7) is 2.22. The second-order valence-electron chi connectivity index (χ2n) is 6.84. The number of sulfone groups is 1. The summed E-state index contributed by atoms with van der Waals surface area (Å²) in [7, 11) is -3.03. The summed E-state index contributed by atoms with van der Waals surface area (Å²) in [5.41, 5.74) is 2.35. The van der Waals surface area contributed by atoms with Crippen LogP contribution in [0.1, 0.15) is 11.1 Å². The molecule has 2 aromatic rings. The summed E-state index contributed by atoms with van der Waals surface area (Å²) in [4.78, 5) is 6.59. The first-order valence-electron chi connectivity index (χ1n) is 8.54. The van der Waals surface area contributed by atoms with E-state index in [2.05, 4.69) is 4.99 Å². The van der Waals surface area contributed by atoms with Crippen LogP contribution in [0.3, 0.4) is 0 Å². The quantitative estimate of drug-likeness (QED) is 0.745. The lowest BCUT2D eigenvalue weighted by molar-refractivity contribution is 0.601. The fourth-order valence-electron chi connectivity index (χ4n) is 3.38. The number of hydrogen-bond acceptors (Lipinski definition) is 5. The third-order valence-electron chi connectivity index (χ3n) is 4.73. The largest absolute Gasteiger partial charge is 0.317 e. The number of benzene rings is 2. The number of thioether (sulfide) groups is 1. The second kappa shape index (κ2) is 7.11. The topological polar surface area (TPSA) is 49.7 Å². The summed E-state index contributed by atoms with van der Waals surface area (Å²) in [5, 5.41) is 0.997. The van der Waals surface area contributed by atoms with Crippen LogP contribution in [0.25, 0.3) is 0 Å². The molecule has 2 atom stereocenters. The molecule has 8 heteroatoms. The zero-order chi connectivity index (χ0) is 19.2. The number of rotatable bonds is 3. The highest BCUT2D eigenvalue weighted by atomic mass is 35.5. The van der Waals surface area contributed by atoms with Crippen molar-refractivity contribution < 1.29 is 12.8 Å². The Hall–Kier alpha value is -1.57. The van der Waals surface area contributed by atoms with Crippen LogP contribution in [0, 0.1) is 12.7 Å². The average molecular weight is 425 g/mol. The molecule has 0 radical (unpaired) electrons. The number of nitrogens with zero attached hydrogens (tertiary/aromatic N) is 2. The van der Waals surface area contributed by atoms with Crippen molar-refractivity contribution in [3.8, 4) is 0 Å². The predicted octanol–water partition coefficient (Wildman–Crippen LogP) is 4.06. The maximum atomic E-state index is 14.4. The van der Waals surface area contributed by atoms with Crippen molar-refractivity contribution in [1.82, 2.24) is 0 Å². The lowest BCUT2D eigenvalue weighted by Crippen LogP contribution is -2.28. The molecule has 0 aromatic heterocycles. The second-order valence-corrected chi connectivity index (χ2v) is 10.6. The van der Waals surface area contributed by atoms with Crippen molar-refractivity contribution >= 4 is 44.1 Å². The molecule has 1 fully saturated rings. The molecular formula is C19H18ClFN2O2S2. The number of fused-ring (bicyclic) bond motifs is 1. The molecule has 0 amide bonds. The Morgan fingerprint density at radius 3 is 2.74 bits per heavy atom. The molecule has 1 saturated heterocycles. The number of aryl methyl sites for hydroxylation is 1. The van der Waals surface area contributed by atoms with Gasteiger partial charge in [-0.25, -0.2) is 12.8 Å². The van der Waals surface area contributed by atoms with Crippen LogP contribution in [0.15, 0.2) is 47.5 Å². The number of halogens is 2. The van der Waals surface area contributed by atoms with E-state index >= 15 is 0 Å². The Morgan fingerprint density at radius 1 is 1.26 bits per heavy atom. The Labute approximate surface area is 167 Å². The standard InChI is InChI=1S/C19H18ClFN2O2S2/c1-12-4-2-5-13(8-12)23(9-14-15(20)6-3-7-16(14)21)19-22-17-10-27(24,25)11-18(17)26-19/h2-8,17-18H,9-11H2,1H3/t17-,18-/m0/s1. The van der Waals surface area contributed by atoms with Gasteiger partial charge in [-0.3, -0.25) is 4.99 Å². The van der Waals surface area contributed by atoms with Gasteiger partial charge < -0.3 is 4.90 Å². The van der Waals surface area contributed by atoms with E-state index in [4.69, 9.17) is 11.6 Å². The van der Waals surface area contributed by atoms with Gasteiger partial charge in [0.25, 0.3) is 0 Å². The molecule has 27 heavy (non-hydrogen) atoms. The zero-order valence-corrected chi connectivity index (χ0v) is 17.0. The minimum Gasteiger partial charge on any atom is -0.317 e. The van der Waals surface area contributed by atoms with Gasteiger partial charge in [0, 0.05) is 21.5 Å². The summed E-state index contributed by atoms with van der Waals surface area (Å²) in [6.07, 6.45) is 0. The van der Waals surface area contributed by atoms with Crippen molar-refractivity contribution in [2.45, 2.75) is 24.8 Å². The number of aliphatic imine (C=N–C) groups is 1. The highest BCUT2D eigenvalue weighted by Crippen LogP contribution is 2.38. The van der Waals surface area contributed by atoms with E-state index in [1.807, 2.05) is 36.1 Å². The molecule has 0 spiro atoms. The molecule has 0 N–H and O–H groups in total. The van der Waals surface area contributed by atoms with Crippen LogP contribution in [0.4, 0.5) is 10.1 Å². The average Bonchev–Trinajstić information content (AvgIpc) is 3.08. The SMILES string of the molecule is Cc1cccc(N(Cc2c(F)cccc2Cl)C2=N[C@H]3CS(=O)(=O)C[C@@H]3S2)c1. The van der Waals surface area contributed by atoms with E-state index in [0.29, 0.717) is 15.8 Å². The minimum absolute atomic E-state index is 0.0756. The Balaban J connectivity index is 1.72. The predicted molar refractivity (Wildman–Crippen MR) is 110 cm³/mol. The van der Waals surface area contributed by atoms with Crippen molar-refractivity contribution in [2.75, 3.05) is 16.4 Å². The molecule has 2 aliphatic rings. The molecule has 2 aromatic carbocycles. The molecule has 2 aliphatic heterocycles. The molecule has 2 heterocycles. The van der Waals surface area contributed by atoms with Gasteiger partial charge in [-0.1, -0.05) is 41.6 Å². The smallest absolute Gasteiger partial charge is 0.164 e. The van der Waals surface area contributed by atoms with Gasteiger partial charge in [-0.15, -0.1) is 0 Å². The van der Waals surface area contributed by atoms with Crippen LogP contribution in [-0.4, -0.2) is 36.4 Å². The molecule has 0 saturated carbocycles. The maximum Gasteiger partial charge on any atom is 0.164 e. The van der Waals surface area contributed by atoms with Crippen LogP contribution >= 0.6 is 23.4 Å². The molecule has 4 nitrogen and oxygen atoms in total. The highest BCUT2D eigenvalue weighted by molar-refractivity contribution is 8.15. The van der Waals surface area contributed by atoms with Crippen molar-refractivity contribution in [3.63, 3.8) is 0 Å². The molecule has 0 unspecified atom stereocenters. The monoisotopic (exact) mass is 424 g/mol. The molecule has 0 aliphatic carbocycles. The van der Waals surface area contributed by atoms with Gasteiger partial charge in [0.05, 0.1) is 24.1 Å². The number of hydrogen-bond donors (Lipinski definition) is 0. The Morgan fingerprint density at radius 2 is 2.04 bits per heavy atom. The maximum absolute atomic E-state index is 14.4. The van der Waals surface area contributed by atoms with E-state index in [0.717, 1.165) is 11.3 Å². The number of anilines is 1. The van der Waals surface area contributed by atoms with E-state index < -0.39 is 9.84 Å². The Kier molecular flexibility index (Phi) is 4.94. The summed E-state index contributed by atoms with van der Waals surface area (Å²) < 4.78 is 38.1. The summed E-state index contributed by atoms with van der Waals surface area (Å²) in [6, 6.07) is 12.3. The van der Waals surface area contributed by atoms with Gasteiger partial charge in [-0.05, 0) is 36.8 Å². The van der Waals surface area contributed by atoms with Crippen LogP contribution in [-0.2, 0) is 16.4 Å². The van der Waals surface area contributed by atoms with Crippen molar-refractivity contribution in [1.29, 1.82) is 0 Å². The van der Waals surface area contributed by atoms with Gasteiger partial charge in [0.1, 0.15) is 5.82 Å². The van der Waals surface area contributed by atoms with E-state index in [-0.39, 0.29) is 35.2 Å². The lowest BCUT2D eigenvalue weighted by Gasteiger charge is -2.25. The van der Waals surface area contributed by atoms with Crippen LogP contribution < -0.4 is 4.90 Å². The van der Waals surface area contributed by atoms with Gasteiger partial charge in [0.2, 0.25) is 0 Å². The molecule has 0 bridgehead atoms. The Bertz CT molecular complexity index is 1010. The molecular weight excluding hydrogens is 407 g/mol. The summed E-state index contributed by atoms with van der Waals surface area (Å²) >= 11 is 7.69. The molecule has 142 valence electrons. The van der Waals surface area contributed by atoms with Crippen molar-refractivity contribution in [2.24, 2.45) is 4.99 Å². The molecule has 4 rings (SSSR count). The van der Waals surface area contributed by atoms with Crippen molar-refractivity contribution in [3.05, 3.63) is 64.4 Å². The summed E-state index contributed by atoms with van der Waals surface area (Å²) in [5.74, 6) is -0.153. The zero-order valence-electron chi connectivity index (χ0n) is 14.6. The minimum atomic E-state index is -3.03. The van der Waals surface area contributed by atoms with Crippen LogP contribution in [0.2, 0.25) is 5.02 Å². The third-order valence-corrected chi connectivity index (χ3v) is 8.33. The van der Waals surface area contributed by atoms with E-state index in [1.165, 1.54) is 17.8 Å². The van der Waals surface area contributed by atoms with Gasteiger partial charge in [0.15, 0.2) is 15.0 Å². The van der Waals surface area contributed by atoms with E-state index in [9.17, 15) is 12.8 Å². The fourth-order valence-corrected chi connectivity index (χ4v) is 7.38. The highest BCUT2D eigenvalue weighted by Gasteiger charge is 2.44. The van der Waals surface area contributed by atoms with Crippen LogP contribution in [0.5, 0.6) is 0 Å². The number of amidine groups is 1. The van der Waals surface area contributed by atoms with E-state index in [1.54, 1.807) is 12.1 Å². The normalized spacial score (nSPS) is 23.1. The first-order valence-corrected chi connectivity index (χ1v) is 11.6. The lowest BCUT2D eigenvalue weighted by atomic mass is 10.1. The van der Waals surface area contributed by atoms with Gasteiger partial charge >= 0.3 is 0 Å². The fraction of sp³-hybridized carbons (Fsp3) is 0.316. The van der Waals surface area contributed by atoms with Gasteiger partial charge in [-0.2, -0.15) is 0 Å².